The van der Waals surface area contributed by atoms with Crippen LogP contribution in [-0.4, -0.2) is 60.9 Å². The SMILES string of the molecule is CNc1ccc(-c2nc3c(N4CCC5(CCNC5)CC4)ccnc3n2-c2ccc(N3CCCC3)cc2F)cc1F. The second-order valence-corrected chi connectivity index (χ2v) is 11.5. The van der Waals surface area contributed by atoms with Gasteiger partial charge in [-0.05, 0) is 86.5 Å². The van der Waals surface area contributed by atoms with Crippen molar-refractivity contribution in [3.8, 4) is 17.1 Å². The Kier molecular flexibility index (Phi) is 6.34. The zero-order valence-corrected chi connectivity index (χ0v) is 22.9. The highest BCUT2D eigenvalue weighted by Crippen LogP contribution is 2.41. The van der Waals surface area contributed by atoms with E-state index in [4.69, 9.17) is 9.97 Å². The molecule has 3 aliphatic rings. The number of fused-ring (bicyclic) bond motifs is 1. The Morgan fingerprint density at radius 3 is 2.40 bits per heavy atom. The molecule has 4 aromatic rings. The van der Waals surface area contributed by atoms with Crippen LogP contribution in [0.4, 0.5) is 25.8 Å². The summed E-state index contributed by atoms with van der Waals surface area (Å²) in [5, 5.41) is 6.41. The van der Waals surface area contributed by atoms with Gasteiger partial charge in [-0.3, -0.25) is 4.57 Å². The molecule has 40 heavy (non-hydrogen) atoms. The van der Waals surface area contributed by atoms with E-state index in [1.54, 1.807) is 36.0 Å². The molecule has 2 N–H and O–H groups in total. The van der Waals surface area contributed by atoms with Crippen molar-refractivity contribution in [2.75, 3.05) is 61.4 Å². The summed E-state index contributed by atoms with van der Waals surface area (Å²) in [4.78, 5) is 14.3. The molecule has 5 heterocycles. The molecule has 0 amide bonds. The fraction of sp³-hybridized carbons (Fsp3) is 0.419. The van der Waals surface area contributed by atoms with Crippen molar-refractivity contribution in [3.05, 3.63) is 60.3 Å². The number of nitrogens with zero attached hydrogens (tertiary/aromatic N) is 5. The van der Waals surface area contributed by atoms with Gasteiger partial charge in [0, 0.05) is 57.2 Å². The van der Waals surface area contributed by atoms with E-state index >= 15 is 4.39 Å². The summed E-state index contributed by atoms with van der Waals surface area (Å²) in [6.07, 6.45) is 7.50. The second kappa shape index (κ2) is 10.0. The van der Waals surface area contributed by atoms with E-state index in [-0.39, 0.29) is 11.6 Å². The highest BCUT2D eigenvalue weighted by atomic mass is 19.1. The third-order valence-corrected chi connectivity index (χ3v) is 9.16. The van der Waals surface area contributed by atoms with Crippen molar-refractivity contribution in [1.82, 2.24) is 19.9 Å². The second-order valence-electron chi connectivity index (χ2n) is 11.5. The third-order valence-electron chi connectivity index (χ3n) is 9.16. The molecule has 7 nitrogen and oxygen atoms in total. The number of halogens is 2. The van der Waals surface area contributed by atoms with Gasteiger partial charge < -0.3 is 20.4 Å². The van der Waals surface area contributed by atoms with E-state index in [1.165, 1.54) is 12.5 Å². The summed E-state index contributed by atoms with van der Waals surface area (Å²) >= 11 is 0. The van der Waals surface area contributed by atoms with Crippen LogP contribution in [-0.2, 0) is 0 Å². The number of benzene rings is 2. The van der Waals surface area contributed by atoms with E-state index in [0.29, 0.717) is 39.3 Å². The molecule has 208 valence electrons. The minimum Gasteiger partial charge on any atom is -0.386 e. The first-order valence-electron chi connectivity index (χ1n) is 14.4. The van der Waals surface area contributed by atoms with Crippen LogP contribution in [0.5, 0.6) is 0 Å². The van der Waals surface area contributed by atoms with E-state index < -0.39 is 0 Å². The van der Waals surface area contributed by atoms with Crippen LogP contribution in [0, 0.1) is 17.0 Å². The molecule has 7 rings (SSSR count). The predicted octanol–water partition coefficient (Wildman–Crippen LogP) is 5.59. The lowest BCUT2D eigenvalue weighted by molar-refractivity contribution is 0.247. The standard InChI is InChI=1S/C31H35F2N7/c1-34-25-6-4-21(18-23(25)32)29-37-28-27(39-16-10-31(11-17-39)9-13-35-20-31)8-12-36-30(28)40(29)26-7-5-22(19-24(26)33)38-14-2-3-15-38/h4-8,12,18-19,34-35H,2-3,9-11,13-17,20H2,1H3. The average Bonchev–Trinajstić information content (AvgIpc) is 3.74. The van der Waals surface area contributed by atoms with Crippen molar-refractivity contribution < 1.29 is 8.78 Å². The molecule has 1 spiro atoms. The number of imidazole rings is 1. The molecule has 0 atom stereocenters. The number of nitrogens with one attached hydrogen (secondary N) is 2. The van der Waals surface area contributed by atoms with Crippen LogP contribution in [0.25, 0.3) is 28.2 Å². The number of rotatable bonds is 5. The Labute approximate surface area is 233 Å². The number of hydrogen-bond acceptors (Lipinski definition) is 6. The molecule has 9 heteroatoms. The van der Waals surface area contributed by atoms with Crippen LogP contribution in [0.1, 0.15) is 32.1 Å². The predicted molar refractivity (Wildman–Crippen MR) is 157 cm³/mol. The number of hydrogen-bond donors (Lipinski definition) is 2. The molecule has 3 fully saturated rings. The summed E-state index contributed by atoms with van der Waals surface area (Å²) in [6, 6.07) is 12.3. The van der Waals surface area contributed by atoms with Gasteiger partial charge in [0.1, 0.15) is 23.0 Å². The lowest BCUT2D eigenvalue weighted by Gasteiger charge is -2.40. The Hall–Kier alpha value is -3.72. The first kappa shape index (κ1) is 25.3. The molecule has 0 unspecified atom stereocenters. The number of anilines is 3. The molecule has 3 aliphatic heterocycles. The minimum atomic E-state index is -0.386. The quantitative estimate of drug-likeness (QED) is 0.342. The maximum absolute atomic E-state index is 15.9. The zero-order chi connectivity index (χ0) is 27.3. The maximum atomic E-state index is 15.9. The number of pyridine rings is 1. The summed E-state index contributed by atoms with van der Waals surface area (Å²) in [6.45, 7) is 5.94. The topological polar surface area (TPSA) is 61.3 Å². The van der Waals surface area contributed by atoms with E-state index in [9.17, 15) is 4.39 Å². The third kappa shape index (κ3) is 4.27. The smallest absolute Gasteiger partial charge is 0.167 e. The largest absolute Gasteiger partial charge is 0.386 e. The Bertz CT molecular complexity index is 1540. The molecular weight excluding hydrogens is 508 g/mol. The molecule has 0 aliphatic carbocycles. The lowest BCUT2D eigenvalue weighted by Crippen LogP contribution is -2.41. The Balaban J connectivity index is 1.35. The normalized spacial score (nSPS) is 18.8. The van der Waals surface area contributed by atoms with Gasteiger partial charge in [-0.15, -0.1) is 0 Å². The molecule has 0 bridgehead atoms. The van der Waals surface area contributed by atoms with Gasteiger partial charge >= 0.3 is 0 Å². The summed E-state index contributed by atoms with van der Waals surface area (Å²) in [5.41, 5.74) is 4.87. The van der Waals surface area contributed by atoms with Crippen LogP contribution in [0.15, 0.2) is 48.7 Å². The number of aromatic nitrogens is 3. The van der Waals surface area contributed by atoms with Crippen molar-refractivity contribution in [2.45, 2.75) is 32.1 Å². The van der Waals surface area contributed by atoms with Gasteiger partial charge in [0.2, 0.25) is 0 Å². The molecule has 3 saturated heterocycles. The van der Waals surface area contributed by atoms with Crippen molar-refractivity contribution in [2.24, 2.45) is 5.41 Å². The summed E-state index contributed by atoms with van der Waals surface area (Å²) in [5.74, 6) is -0.265. The van der Waals surface area contributed by atoms with Crippen LogP contribution in [0.2, 0.25) is 0 Å². The molecule has 0 saturated carbocycles. The average molecular weight is 544 g/mol. The van der Waals surface area contributed by atoms with Gasteiger partial charge in [-0.1, -0.05) is 0 Å². The van der Waals surface area contributed by atoms with Gasteiger partial charge in [0.05, 0.1) is 17.1 Å². The first-order valence-corrected chi connectivity index (χ1v) is 14.4. The van der Waals surface area contributed by atoms with Crippen molar-refractivity contribution in [3.63, 3.8) is 0 Å². The van der Waals surface area contributed by atoms with E-state index in [1.807, 2.05) is 18.2 Å². The first-order chi connectivity index (χ1) is 19.5. The zero-order valence-electron chi connectivity index (χ0n) is 22.9. The van der Waals surface area contributed by atoms with Gasteiger partial charge in [0.25, 0.3) is 0 Å². The molecular formula is C31H35F2N7. The Morgan fingerprint density at radius 2 is 1.70 bits per heavy atom. The molecule has 2 aromatic carbocycles. The van der Waals surface area contributed by atoms with Gasteiger partial charge in [0.15, 0.2) is 5.65 Å². The maximum Gasteiger partial charge on any atom is 0.167 e. The summed E-state index contributed by atoms with van der Waals surface area (Å²) < 4.78 is 32.6. The fourth-order valence-corrected chi connectivity index (χ4v) is 6.79. The van der Waals surface area contributed by atoms with Gasteiger partial charge in [-0.25, -0.2) is 18.7 Å². The highest BCUT2D eigenvalue weighted by molar-refractivity contribution is 5.91. The number of piperidine rings is 1. The van der Waals surface area contributed by atoms with Crippen LogP contribution < -0.4 is 20.4 Å². The monoisotopic (exact) mass is 543 g/mol. The highest BCUT2D eigenvalue weighted by Gasteiger charge is 2.37. The Morgan fingerprint density at radius 1 is 0.875 bits per heavy atom. The van der Waals surface area contributed by atoms with E-state index in [0.717, 1.165) is 76.3 Å². The van der Waals surface area contributed by atoms with Crippen molar-refractivity contribution >= 4 is 28.2 Å². The van der Waals surface area contributed by atoms with Crippen LogP contribution >= 0.6 is 0 Å². The van der Waals surface area contributed by atoms with Crippen molar-refractivity contribution in [1.29, 1.82) is 0 Å². The fourth-order valence-electron chi connectivity index (χ4n) is 6.79. The molecule has 2 aromatic heterocycles. The molecule has 0 radical (unpaired) electrons. The lowest BCUT2D eigenvalue weighted by atomic mass is 9.78. The van der Waals surface area contributed by atoms with Crippen LogP contribution in [0.3, 0.4) is 0 Å². The van der Waals surface area contributed by atoms with E-state index in [2.05, 4.69) is 20.4 Å². The minimum absolute atomic E-state index is 0.349. The summed E-state index contributed by atoms with van der Waals surface area (Å²) in [7, 11) is 1.69. The van der Waals surface area contributed by atoms with Gasteiger partial charge in [-0.2, -0.15) is 0 Å².